The molecule has 1 aliphatic carbocycles. The molecule has 9 heteroatoms. The van der Waals surface area contributed by atoms with Crippen LogP contribution in [0.5, 0.6) is 0 Å². The van der Waals surface area contributed by atoms with Gasteiger partial charge in [-0.2, -0.15) is 0 Å². The molecule has 1 aliphatic rings. The van der Waals surface area contributed by atoms with E-state index >= 15 is 0 Å². The first-order valence-electron chi connectivity index (χ1n) is 16.8. The number of nitrogens with one attached hydrogen (secondary N) is 1. The van der Waals surface area contributed by atoms with Crippen LogP contribution in [-0.2, 0) is 21.4 Å². The molecular weight excluding hydrogens is 621 g/mol. The normalized spacial score (nSPS) is 16.7. The number of thiophene rings is 1. The number of hydrogen-bond donors (Lipinski definition) is 3. The second kappa shape index (κ2) is 16.6. The topological polar surface area (TPSA) is 135 Å². The molecule has 1 fully saturated rings. The van der Waals surface area contributed by atoms with Gasteiger partial charge in [-0.1, -0.05) is 82.6 Å². The van der Waals surface area contributed by atoms with Crippen molar-refractivity contribution in [1.82, 2.24) is 15.3 Å². The van der Waals surface area contributed by atoms with Crippen LogP contribution in [0.4, 0.5) is 0 Å². The van der Waals surface area contributed by atoms with Crippen molar-refractivity contribution in [1.29, 1.82) is 0 Å². The quantitative estimate of drug-likeness (QED) is 0.156. The van der Waals surface area contributed by atoms with E-state index in [2.05, 4.69) is 67.2 Å². The molecule has 8 nitrogen and oxygen atoms in total. The molecule has 4 aromatic rings. The highest BCUT2D eigenvalue weighted by molar-refractivity contribution is 7.14. The van der Waals surface area contributed by atoms with Crippen molar-refractivity contribution in [3.05, 3.63) is 93.9 Å². The van der Waals surface area contributed by atoms with Crippen molar-refractivity contribution in [3.63, 3.8) is 0 Å². The van der Waals surface area contributed by atoms with Gasteiger partial charge in [0.15, 0.2) is 5.82 Å². The molecule has 2 aromatic carbocycles. The maximum absolute atomic E-state index is 11.9. The largest absolute Gasteiger partial charge is 0.480 e. The van der Waals surface area contributed by atoms with Gasteiger partial charge in [-0.25, -0.2) is 9.97 Å². The fourth-order valence-electron chi connectivity index (χ4n) is 5.81. The maximum atomic E-state index is 11.9. The van der Waals surface area contributed by atoms with Gasteiger partial charge in [-0.05, 0) is 85.1 Å². The Morgan fingerprint density at radius 1 is 0.896 bits per heavy atom. The van der Waals surface area contributed by atoms with Gasteiger partial charge in [-0.3, -0.25) is 14.4 Å². The summed E-state index contributed by atoms with van der Waals surface area (Å²) in [5, 5.41) is 11.4. The summed E-state index contributed by atoms with van der Waals surface area (Å²) in [6.45, 7) is 10.1. The molecule has 254 valence electrons. The Morgan fingerprint density at radius 3 is 2.00 bits per heavy atom. The van der Waals surface area contributed by atoms with Gasteiger partial charge in [-0.15, -0.1) is 11.3 Å². The first-order valence-corrected chi connectivity index (χ1v) is 17.6. The SMILES string of the molecule is CC(C)(C)c1ccc(C(N)=O)s1.CCC1CCC(c2ccc(-c3cnc(-c4ccc(CCC(=O)NC(C)C(=O)O)cc4)nc3)cc2)CC1. The van der Waals surface area contributed by atoms with Gasteiger partial charge in [0.25, 0.3) is 5.91 Å². The minimum Gasteiger partial charge on any atom is -0.480 e. The predicted molar refractivity (Wildman–Crippen MR) is 193 cm³/mol. The molecule has 0 spiro atoms. The van der Waals surface area contributed by atoms with Crippen molar-refractivity contribution in [3.8, 4) is 22.5 Å². The van der Waals surface area contributed by atoms with Gasteiger partial charge < -0.3 is 16.2 Å². The number of carboxylic acid groups (broad SMARTS) is 1. The van der Waals surface area contributed by atoms with Crippen LogP contribution >= 0.6 is 11.3 Å². The number of carbonyl (C=O) groups excluding carboxylic acids is 2. The van der Waals surface area contributed by atoms with Crippen molar-refractivity contribution in [2.24, 2.45) is 11.7 Å². The Labute approximate surface area is 288 Å². The first kappa shape index (κ1) is 36.5. The third-order valence-corrected chi connectivity index (χ3v) is 10.5. The number of benzene rings is 2. The Balaban J connectivity index is 0.000000365. The zero-order valence-corrected chi connectivity index (χ0v) is 29.5. The smallest absolute Gasteiger partial charge is 0.325 e. The Hall–Kier alpha value is -4.37. The van der Waals surface area contributed by atoms with Crippen LogP contribution in [0.3, 0.4) is 0 Å². The second-order valence-corrected chi connectivity index (χ2v) is 14.7. The molecule has 0 saturated heterocycles. The van der Waals surface area contributed by atoms with Crippen LogP contribution in [0.2, 0.25) is 0 Å². The van der Waals surface area contributed by atoms with Gasteiger partial charge in [0.05, 0.1) is 4.88 Å². The van der Waals surface area contributed by atoms with Crippen LogP contribution in [0.15, 0.2) is 73.1 Å². The van der Waals surface area contributed by atoms with E-state index in [0.29, 0.717) is 23.0 Å². The number of aromatic nitrogens is 2. The van der Waals surface area contributed by atoms with E-state index in [4.69, 9.17) is 10.8 Å². The average molecular weight is 669 g/mol. The lowest BCUT2D eigenvalue weighted by molar-refractivity contribution is -0.141. The van der Waals surface area contributed by atoms with Crippen molar-refractivity contribution < 1.29 is 19.5 Å². The number of rotatable bonds is 10. The third-order valence-electron chi connectivity index (χ3n) is 8.98. The van der Waals surface area contributed by atoms with E-state index < -0.39 is 12.0 Å². The fourth-order valence-corrected chi connectivity index (χ4v) is 6.72. The van der Waals surface area contributed by atoms with E-state index in [0.717, 1.165) is 28.2 Å². The summed E-state index contributed by atoms with van der Waals surface area (Å²) >= 11 is 1.47. The van der Waals surface area contributed by atoms with Crippen molar-refractivity contribution in [2.75, 3.05) is 0 Å². The standard InChI is InChI=1S/C30H35N3O3.C9H13NOS/c1-3-21-4-9-23(10-5-21)24-13-15-25(16-14-24)27-18-31-29(32-19-27)26-11-6-22(7-12-26)8-17-28(34)33-20(2)30(35)36;1-9(2,3)7-5-4-6(12-7)8(10)11/h6-7,11-16,18-21,23H,3-5,8-10,17H2,1-2H3,(H,33,34)(H,35,36);4-5H,1-3H3,(H2,10,11). The summed E-state index contributed by atoms with van der Waals surface area (Å²) in [4.78, 5) is 44.5. The van der Waals surface area contributed by atoms with Crippen molar-refractivity contribution in [2.45, 2.75) is 96.9 Å². The highest BCUT2D eigenvalue weighted by Crippen LogP contribution is 2.37. The summed E-state index contributed by atoms with van der Waals surface area (Å²) in [5.41, 5.74) is 10.7. The van der Waals surface area contributed by atoms with Crippen LogP contribution in [0.25, 0.3) is 22.5 Å². The highest BCUT2D eigenvalue weighted by Gasteiger charge is 2.21. The number of amides is 2. The molecule has 0 radical (unpaired) electrons. The van der Waals surface area contributed by atoms with E-state index in [-0.39, 0.29) is 23.7 Å². The zero-order chi connectivity index (χ0) is 34.8. The Morgan fingerprint density at radius 2 is 1.50 bits per heavy atom. The second-order valence-electron chi connectivity index (χ2n) is 13.6. The number of nitrogens with zero attached hydrogens (tertiary/aromatic N) is 2. The van der Waals surface area contributed by atoms with Gasteiger partial charge in [0.2, 0.25) is 5.91 Å². The molecule has 0 aliphatic heterocycles. The van der Waals surface area contributed by atoms with Gasteiger partial charge >= 0.3 is 5.97 Å². The lowest BCUT2D eigenvalue weighted by Crippen LogP contribution is -2.38. The van der Waals surface area contributed by atoms with Crippen LogP contribution in [0.1, 0.15) is 105 Å². The summed E-state index contributed by atoms with van der Waals surface area (Å²) < 4.78 is 0. The molecule has 1 unspecified atom stereocenters. The average Bonchev–Trinajstić information content (AvgIpc) is 3.60. The predicted octanol–water partition coefficient (Wildman–Crippen LogP) is 8.16. The molecule has 0 bridgehead atoms. The van der Waals surface area contributed by atoms with E-state index in [9.17, 15) is 14.4 Å². The summed E-state index contributed by atoms with van der Waals surface area (Å²) in [7, 11) is 0. The summed E-state index contributed by atoms with van der Waals surface area (Å²) in [5.74, 6) is 0.600. The molecular formula is C39H48N4O4S. The molecule has 4 N–H and O–H groups in total. The highest BCUT2D eigenvalue weighted by atomic mass is 32.1. The minimum absolute atomic E-state index is 0.109. The number of nitrogens with two attached hydrogens (primary N) is 1. The van der Waals surface area contributed by atoms with E-state index in [1.807, 2.05) is 42.7 Å². The lowest BCUT2D eigenvalue weighted by atomic mass is 9.78. The number of primary amides is 1. The first-order chi connectivity index (χ1) is 22.8. The number of aryl methyl sites for hydroxylation is 1. The number of carbonyl (C=O) groups is 3. The summed E-state index contributed by atoms with van der Waals surface area (Å²) in [6.07, 6.45) is 11.1. The zero-order valence-electron chi connectivity index (χ0n) is 28.7. The minimum atomic E-state index is -1.04. The monoisotopic (exact) mass is 668 g/mol. The van der Waals surface area contributed by atoms with Gasteiger partial charge in [0.1, 0.15) is 6.04 Å². The molecule has 1 saturated carbocycles. The third kappa shape index (κ3) is 10.3. The lowest BCUT2D eigenvalue weighted by Gasteiger charge is -2.28. The Kier molecular flexibility index (Phi) is 12.6. The van der Waals surface area contributed by atoms with Crippen LogP contribution < -0.4 is 11.1 Å². The Bertz CT molecular complexity index is 1650. The summed E-state index contributed by atoms with van der Waals surface area (Å²) in [6, 6.07) is 19.6. The molecule has 2 heterocycles. The molecule has 48 heavy (non-hydrogen) atoms. The number of aliphatic carboxylic acids is 1. The number of hydrogen-bond acceptors (Lipinski definition) is 6. The van der Waals surface area contributed by atoms with Crippen LogP contribution in [0, 0.1) is 5.92 Å². The van der Waals surface area contributed by atoms with Gasteiger partial charge in [0, 0.05) is 34.8 Å². The molecule has 5 rings (SSSR count). The van der Waals surface area contributed by atoms with Crippen molar-refractivity contribution >= 4 is 29.1 Å². The van der Waals surface area contributed by atoms with Crippen LogP contribution in [-0.4, -0.2) is 38.9 Å². The number of carboxylic acids is 1. The molecule has 1 atom stereocenters. The molecule has 2 aromatic heterocycles. The molecule has 2 amide bonds. The van der Waals surface area contributed by atoms with E-state index in [1.54, 1.807) is 6.07 Å². The van der Waals surface area contributed by atoms with E-state index in [1.165, 1.54) is 60.8 Å². The fraction of sp³-hybridized carbons (Fsp3) is 0.410. The maximum Gasteiger partial charge on any atom is 0.325 e.